The predicted octanol–water partition coefficient (Wildman–Crippen LogP) is 6.35. The highest BCUT2D eigenvalue weighted by Gasteiger charge is 2.31. The van der Waals surface area contributed by atoms with Crippen molar-refractivity contribution in [2.24, 2.45) is 5.92 Å². The Morgan fingerprint density at radius 3 is 2.22 bits per heavy atom. The van der Waals surface area contributed by atoms with E-state index in [9.17, 15) is 27.9 Å². The molecule has 192 valence electrons. The Labute approximate surface area is 214 Å². The lowest BCUT2D eigenvalue weighted by Gasteiger charge is -2.16. The van der Waals surface area contributed by atoms with Crippen molar-refractivity contribution in [3.8, 4) is 11.1 Å². The zero-order valence-electron chi connectivity index (χ0n) is 19.8. The number of carbonyl (C=O) groups excluding carboxylic acids is 1. The van der Waals surface area contributed by atoms with Gasteiger partial charge in [-0.1, -0.05) is 49.4 Å². The third kappa shape index (κ3) is 6.42. The van der Waals surface area contributed by atoms with Crippen LogP contribution in [0.4, 0.5) is 24.0 Å². The fourth-order valence-corrected chi connectivity index (χ4v) is 4.53. The minimum atomic E-state index is -4.47. The molecule has 11 heteroatoms. The molecule has 2 aromatic heterocycles. The summed E-state index contributed by atoms with van der Waals surface area (Å²) in [6, 6.07) is 14.2. The molecule has 0 fully saturated rings. The van der Waals surface area contributed by atoms with Crippen molar-refractivity contribution in [3.63, 3.8) is 0 Å². The normalized spacial score (nSPS) is 12.5. The monoisotopic (exact) mass is 528 g/mol. The van der Waals surface area contributed by atoms with Gasteiger partial charge in [-0.2, -0.15) is 18.2 Å². The molecular weight excluding hydrogens is 505 g/mol. The Balaban J connectivity index is 1.42. The quantitative estimate of drug-likeness (QED) is 0.246. The molecule has 4 aromatic rings. The molecular formula is C26H23F3N4O3S. The molecule has 3 N–H and O–H groups in total. The number of carboxylic acid groups (broad SMARTS) is 1. The first-order chi connectivity index (χ1) is 17.5. The molecule has 2 aromatic carbocycles. The molecule has 1 atom stereocenters. The minimum Gasteiger partial charge on any atom is -0.480 e. The molecule has 0 aliphatic carbocycles. The Morgan fingerprint density at radius 1 is 1.03 bits per heavy atom. The summed E-state index contributed by atoms with van der Waals surface area (Å²) in [5.74, 6) is -1.40. The van der Waals surface area contributed by atoms with Crippen molar-refractivity contribution in [1.29, 1.82) is 0 Å². The van der Waals surface area contributed by atoms with Gasteiger partial charge in [0, 0.05) is 17.4 Å². The molecule has 0 saturated heterocycles. The van der Waals surface area contributed by atoms with Crippen LogP contribution in [-0.4, -0.2) is 33.0 Å². The molecule has 0 unspecified atom stereocenters. The Bertz CT molecular complexity index is 1420. The lowest BCUT2D eigenvalue weighted by molar-refractivity contribution is -0.140. The second-order valence-electron chi connectivity index (χ2n) is 8.84. The van der Waals surface area contributed by atoms with Gasteiger partial charge in [-0.25, -0.2) is 9.78 Å². The maximum atomic E-state index is 12.9. The molecule has 37 heavy (non-hydrogen) atoms. The summed E-state index contributed by atoms with van der Waals surface area (Å²) in [6.45, 7) is 3.78. The van der Waals surface area contributed by atoms with Crippen LogP contribution in [0.2, 0.25) is 0 Å². The van der Waals surface area contributed by atoms with Crippen molar-refractivity contribution in [3.05, 3.63) is 71.9 Å². The van der Waals surface area contributed by atoms with E-state index in [-0.39, 0.29) is 11.6 Å². The summed E-state index contributed by atoms with van der Waals surface area (Å²) < 4.78 is 39.1. The number of hydrogen-bond acceptors (Lipinski definition) is 6. The van der Waals surface area contributed by atoms with Crippen LogP contribution in [0.5, 0.6) is 0 Å². The number of aliphatic carboxylic acids is 1. The van der Waals surface area contributed by atoms with Crippen LogP contribution >= 0.6 is 11.3 Å². The number of carbonyl (C=O) groups is 2. The number of aromatic nitrogens is 2. The summed E-state index contributed by atoms with van der Waals surface area (Å²) in [7, 11) is 0. The van der Waals surface area contributed by atoms with Crippen LogP contribution in [0.15, 0.2) is 60.8 Å². The number of pyridine rings is 1. The van der Waals surface area contributed by atoms with Gasteiger partial charge in [0.15, 0.2) is 10.8 Å². The molecule has 0 aliphatic heterocycles. The van der Waals surface area contributed by atoms with Gasteiger partial charge in [0.1, 0.15) is 6.04 Å². The molecule has 0 radical (unpaired) electrons. The number of rotatable bonds is 8. The molecule has 0 saturated carbocycles. The van der Waals surface area contributed by atoms with Crippen LogP contribution in [0.1, 0.15) is 36.2 Å². The minimum absolute atomic E-state index is 0.120. The van der Waals surface area contributed by atoms with E-state index in [0.29, 0.717) is 27.5 Å². The van der Waals surface area contributed by atoms with Gasteiger partial charge in [-0.15, -0.1) is 0 Å². The van der Waals surface area contributed by atoms with Crippen molar-refractivity contribution < 1.29 is 27.9 Å². The summed E-state index contributed by atoms with van der Waals surface area (Å²) >= 11 is 1.08. The first-order valence-electron chi connectivity index (χ1n) is 11.3. The first-order valence-corrected chi connectivity index (χ1v) is 12.2. The zero-order valence-corrected chi connectivity index (χ0v) is 20.7. The second kappa shape index (κ2) is 10.6. The number of halogens is 3. The Kier molecular flexibility index (Phi) is 7.44. The standard InChI is InChI=1S/C26H23F3N4O3S/c1-14(2)11-20(24(35)36)32-23(34)17-5-3-15(4-6-17)16-7-9-19(10-8-16)31-25-33-22-21(37-25)12-18(13-30-22)26(27,28)29/h3-10,12-14,20H,11H2,1-2H3,(H,32,34)(H,35,36)(H,30,31,33)/t20-/m0/s1. The highest BCUT2D eigenvalue weighted by molar-refractivity contribution is 7.22. The Morgan fingerprint density at radius 2 is 1.65 bits per heavy atom. The van der Waals surface area contributed by atoms with E-state index in [1.165, 1.54) is 0 Å². The van der Waals surface area contributed by atoms with Crippen LogP contribution < -0.4 is 10.6 Å². The topological polar surface area (TPSA) is 104 Å². The van der Waals surface area contributed by atoms with Gasteiger partial charge < -0.3 is 15.7 Å². The van der Waals surface area contributed by atoms with Crippen molar-refractivity contribution in [2.75, 3.05) is 5.32 Å². The third-order valence-corrected chi connectivity index (χ3v) is 6.41. The smallest absolute Gasteiger partial charge is 0.417 e. The fourth-order valence-electron chi connectivity index (χ4n) is 3.65. The molecule has 0 aliphatic rings. The van der Waals surface area contributed by atoms with Crippen LogP contribution in [-0.2, 0) is 11.0 Å². The van der Waals surface area contributed by atoms with Gasteiger partial charge in [0.2, 0.25) is 0 Å². The average molecular weight is 529 g/mol. The lowest BCUT2D eigenvalue weighted by Crippen LogP contribution is -2.41. The van der Waals surface area contributed by atoms with E-state index in [2.05, 4.69) is 20.6 Å². The average Bonchev–Trinajstić information content (AvgIpc) is 3.25. The SMILES string of the molecule is CC(C)C[C@H](NC(=O)c1ccc(-c2ccc(Nc3nc4ncc(C(F)(F)F)cc4s3)cc2)cc1)C(=O)O. The number of carboxylic acids is 1. The van der Waals surface area contributed by atoms with Gasteiger partial charge in [-0.3, -0.25) is 4.79 Å². The van der Waals surface area contributed by atoms with Gasteiger partial charge in [-0.05, 0) is 53.8 Å². The molecule has 0 spiro atoms. The summed E-state index contributed by atoms with van der Waals surface area (Å²) in [6.07, 6.45) is -3.36. The third-order valence-electron chi connectivity index (χ3n) is 5.50. The maximum Gasteiger partial charge on any atom is 0.417 e. The predicted molar refractivity (Wildman–Crippen MR) is 136 cm³/mol. The number of thiazole rings is 1. The van der Waals surface area contributed by atoms with E-state index < -0.39 is 29.7 Å². The number of benzene rings is 2. The van der Waals surface area contributed by atoms with Gasteiger partial charge in [0.05, 0.1) is 10.3 Å². The van der Waals surface area contributed by atoms with Crippen molar-refractivity contribution in [1.82, 2.24) is 15.3 Å². The number of nitrogens with zero attached hydrogens (tertiary/aromatic N) is 2. The molecule has 0 bridgehead atoms. The van der Waals surface area contributed by atoms with Gasteiger partial charge >= 0.3 is 12.1 Å². The van der Waals surface area contributed by atoms with Crippen LogP contribution in [0.25, 0.3) is 21.5 Å². The number of hydrogen-bond donors (Lipinski definition) is 3. The summed E-state index contributed by atoms with van der Waals surface area (Å²) in [5.41, 5.74) is 2.20. The highest BCUT2D eigenvalue weighted by atomic mass is 32.1. The molecule has 1 amide bonds. The zero-order chi connectivity index (χ0) is 26.7. The van der Waals surface area contributed by atoms with E-state index in [0.717, 1.165) is 34.7 Å². The fraction of sp³-hybridized carbons (Fsp3) is 0.231. The number of anilines is 2. The first kappa shape index (κ1) is 26.1. The highest BCUT2D eigenvalue weighted by Crippen LogP contribution is 2.34. The van der Waals surface area contributed by atoms with E-state index in [1.54, 1.807) is 36.4 Å². The number of alkyl halides is 3. The van der Waals surface area contributed by atoms with Crippen LogP contribution in [0.3, 0.4) is 0 Å². The van der Waals surface area contributed by atoms with Crippen molar-refractivity contribution in [2.45, 2.75) is 32.5 Å². The van der Waals surface area contributed by atoms with Crippen LogP contribution in [0, 0.1) is 5.92 Å². The molecule has 4 rings (SSSR count). The van der Waals surface area contributed by atoms with E-state index in [1.807, 2.05) is 26.0 Å². The van der Waals surface area contributed by atoms with E-state index in [4.69, 9.17) is 0 Å². The van der Waals surface area contributed by atoms with Gasteiger partial charge in [0.25, 0.3) is 5.91 Å². The molecule has 7 nitrogen and oxygen atoms in total. The summed E-state index contributed by atoms with van der Waals surface area (Å²) in [5, 5.41) is 15.4. The molecule has 2 heterocycles. The Hall–Kier alpha value is -3.99. The summed E-state index contributed by atoms with van der Waals surface area (Å²) in [4.78, 5) is 31.9. The van der Waals surface area contributed by atoms with Crippen molar-refractivity contribution >= 4 is 44.4 Å². The second-order valence-corrected chi connectivity index (χ2v) is 9.87. The lowest BCUT2D eigenvalue weighted by atomic mass is 10.0. The van der Waals surface area contributed by atoms with E-state index >= 15 is 0 Å². The largest absolute Gasteiger partial charge is 0.480 e. The number of nitrogens with one attached hydrogen (secondary N) is 2. The number of fused-ring (bicyclic) bond motifs is 1. The number of amides is 1. The maximum absolute atomic E-state index is 12.9.